The number of pyridine rings is 1. The minimum absolute atomic E-state index is 0.285. The SMILES string of the molecule is CC(C)NCC(C)S(=O)(=O)NCCc1cccnc1. The summed E-state index contributed by atoms with van der Waals surface area (Å²) in [7, 11) is -3.26. The molecule has 0 spiro atoms. The predicted octanol–water partition coefficient (Wildman–Crippen LogP) is 0.930. The molecule has 1 aromatic heterocycles. The van der Waals surface area contributed by atoms with E-state index in [9.17, 15) is 8.42 Å². The summed E-state index contributed by atoms with van der Waals surface area (Å²) < 4.78 is 26.6. The molecule has 6 heteroatoms. The van der Waals surface area contributed by atoms with Gasteiger partial charge in [0.05, 0.1) is 5.25 Å². The van der Waals surface area contributed by atoms with Crippen LogP contribution in [-0.4, -0.2) is 37.8 Å². The topological polar surface area (TPSA) is 71.1 Å². The van der Waals surface area contributed by atoms with Crippen LogP contribution in [0.1, 0.15) is 26.3 Å². The zero-order chi connectivity index (χ0) is 14.3. The summed E-state index contributed by atoms with van der Waals surface area (Å²) >= 11 is 0. The van der Waals surface area contributed by atoms with Crippen LogP contribution < -0.4 is 10.0 Å². The lowest BCUT2D eigenvalue weighted by Crippen LogP contribution is -2.41. The first-order valence-electron chi connectivity index (χ1n) is 6.52. The Labute approximate surface area is 115 Å². The third-order valence-corrected chi connectivity index (χ3v) is 4.62. The highest BCUT2D eigenvalue weighted by Gasteiger charge is 2.19. The van der Waals surface area contributed by atoms with Gasteiger partial charge in [-0.05, 0) is 25.0 Å². The molecule has 0 amide bonds. The van der Waals surface area contributed by atoms with Gasteiger partial charge in [0.15, 0.2) is 0 Å². The van der Waals surface area contributed by atoms with E-state index >= 15 is 0 Å². The fourth-order valence-corrected chi connectivity index (χ4v) is 2.52. The van der Waals surface area contributed by atoms with Crippen LogP contribution in [0, 0.1) is 0 Å². The standard InChI is InChI=1S/C13H23N3O2S/c1-11(2)15-9-12(3)19(17,18)16-8-6-13-5-4-7-14-10-13/h4-5,7,10-12,15-16H,6,8-9H2,1-3H3. The number of nitrogens with one attached hydrogen (secondary N) is 2. The van der Waals surface area contributed by atoms with Crippen molar-refractivity contribution in [1.29, 1.82) is 0 Å². The van der Waals surface area contributed by atoms with E-state index in [1.807, 2.05) is 26.0 Å². The van der Waals surface area contributed by atoms with Crippen molar-refractivity contribution in [2.45, 2.75) is 38.5 Å². The zero-order valence-corrected chi connectivity index (χ0v) is 12.6. The Hall–Kier alpha value is -0.980. The number of rotatable bonds is 8. The van der Waals surface area contributed by atoms with Crippen molar-refractivity contribution < 1.29 is 8.42 Å². The minimum atomic E-state index is -3.26. The van der Waals surface area contributed by atoms with Gasteiger partial charge in [-0.15, -0.1) is 0 Å². The van der Waals surface area contributed by atoms with Gasteiger partial charge in [-0.2, -0.15) is 0 Å². The van der Waals surface area contributed by atoms with Gasteiger partial charge in [0, 0.05) is 31.5 Å². The maximum absolute atomic E-state index is 12.0. The third-order valence-electron chi connectivity index (χ3n) is 2.78. The van der Waals surface area contributed by atoms with Gasteiger partial charge in [-0.3, -0.25) is 4.98 Å². The average molecular weight is 285 g/mol. The van der Waals surface area contributed by atoms with Gasteiger partial charge in [0.2, 0.25) is 10.0 Å². The van der Waals surface area contributed by atoms with E-state index in [-0.39, 0.29) is 6.04 Å². The van der Waals surface area contributed by atoms with Gasteiger partial charge in [0.1, 0.15) is 0 Å². The summed E-state index contributed by atoms with van der Waals surface area (Å²) in [6, 6.07) is 4.07. The zero-order valence-electron chi connectivity index (χ0n) is 11.8. The van der Waals surface area contributed by atoms with Crippen LogP contribution in [0.5, 0.6) is 0 Å². The molecule has 1 aromatic rings. The molecule has 1 heterocycles. The van der Waals surface area contributed by atoms with E-state index in [1.165, 1.54) is 0 Å². The molecule has 0 saturated heterocycles. The lowest BCUT2D eigenvalue weighted by Gasteiger charge is -2.16. The normalized spacial score (nSPS) is 13.7. The van der Waals surface area contributed by atoms with E-state index in [0.29, 0.717) is 19.5 Å². The number of aromatic nitrogens is 1. The lowest BCUT2D eigenvalue weighted by molar-refractivity contribution is 0.541. The van der Waals surface area contributed by atoms with Crippen molar-refractivity contribution in [3.05, 3.63) is 30.1 Å². The molecule has 0 saturated carbocycles. The van der Waals surface area contributed by atoms with Gasteiger partial charge in [-0.25, -0.2) is 13.1 Å². The smallest absolute Gasteiger partial charge is 0.215 e. The van der Waals surface area contributed by atoms with Crippen molar-refractivity contribution >= 4 is 10.0 Å². The molecule has 0 aromatic carbocycles. The Morgan fingerprint density at radius 3 is 2.63 bits per heavy atom. The summed E-state index contributed by atoms with van der Waals surface area (Å²) in [5.74, 6) is 0. The van der Waals surface area contributed by atoms with E-state index in [0.717, 1.165) is 5.56 Å². The molecule has 1 atom stereocenters. The summed E-state index contributed by atoms with van der Waals surface area (Å²) in [6.45, 7) is 6.56. The monoisotopic (exact) mass is 285 g/mol. The fourth-order valence-electron chi connectivity index (χ4n) is 1.54. The first-order valence-corrected chi connectivity index (χ1v) is 8.07. The van der Waals surface area contributed by atoms with Crippen molar-refractivity contribution in [3.63, 3.8) is 0 Å². The molecule has 108 valence electrons. The van der Waals surface area contributed by atoms with Gasteiger partial charge < -0.3 is 5.32 Å². The minimum Gasteiger partial charge on any atom is -0.313 e. The molecule has 1 rings (SSSR count). The molecule has 5 nitrogen and oxygen atoms in total. The van der Waals surface area contributed by atoms with Gasteiger partial charge in [-0.1, -0.05) is 19.9 Å². The number of hydrogen-bond acceptors (Lipinski definition) is 4. The summed E-state index contributed by atoms with van der Waals surface area (Å²) in [6.07, 6.45) is 4.10. The third kappa shape index (κ3) is 6.13. The Bertz CT molecular complexity index is 460. The molecule has 0 radical (unpaired) electrons. The van der Waals surface area contributed by atoms with Gasteiger partial charge >= 0.3 is 0 Å². The van der Waals surface area contributed by atoms with E-state index < -0.39 is 15.3 Å². The van der Waals surface area contributed by atoms with E-state index in [1.54, 1.807) is 19.3 Å². The van der Waals surface area contributed by atoms with Crippen LogP contribution >= 0.6 is 0 Å². The van der Waals surface area contributed by atoms with Crippen molar-refractivity contribution in [2.75, 3.05) is 13.1 Å². The summed E-state index contributed by atoms with van der Waals surface area (Å²) in [4.78, 5) is 4.00. The van der Waals surface area contributed by atoms with E-state index in [4.69, 9.17) is 0 Å². The highest BCUT2D eigenvalue weighted by atomic mass is 32.2. The van der Waals surface area contributed by atoms with Crippen LogP contribution in [0.3, 0.4) is 0 Å². The number of sulfonamides is 1. The lowest BCUT2D eigenvalue weighted by atomic mass is 10.2. The van der Waals surface area contributed by atoms with Crippen LogP contribution in [0.25, 0.3) is 0 Å². The molecule has 1 unspecified atom stereocenters. The molecule has 0 aliphatic rings. The highest BCUT2D eigenvalue weighted by molar-refractivity contribution is 7.90. The second-order valence-corrected chi connectivity index (χ2v) is 7.11. The summed E-state index contributed by atoms with van der Waals surface area (Å²) in [5, 5.41) is 2.69. The van der Waals surface area contributed by atoms with Crippen molar-refractivity contribution in [2.24, 2.45) is 0 Å². The Morgan fingerprint density at radius 2 is 2.05 bits per heavy atom. The van der Waals surface area contributed by atoms with E-state index in [2.05, 4.69) is 15.0 Å². The highest BCUT2D eigenvalue weighted by Crippen LogP contribution is 2.00. The first kappa shape index (κ1) is 16.1. The molecular weight excluding hydrogens is 262 g/mol. The van der Waals surface area contributed by atoms with Crippen LogP contribution in [0.4, 0.5) is 0 Å². The van der Waals surface area contributed by atoms with Crippen LogP contribution in [0.2, 0.25) is 0 Å². The maximum atomic E-state index is 12.0. The molecule has 19 heavy (non-hydrogen) atoms. The second kappa shape index (κ2) is 7.57. The second-order valence-electron chi connectivity index (χ2n) is 4.92. The molecule has 0 aliphatic carbocycles. The molecule has 0 bridgehead atoms. The molecule has 0 aliphatic heterocycles. The van der Waals surface area contributed by atoms with Crippen LogP contribution in [0.15, 0.2) is 24.5 Å². The summed E-state index contributed by atoms with van der Waals surface area (Å²) in [5.41, 5.74) is 1.03. The Kier molecular flexibility index (Phi) is 6.41. The fraction of sp³-hybridized carbons (Fsp3) is 0.615. The average Bonchev–Trinajstić information content (AvgIpc) is 2.36. The quantitative estimate of drug-likeness (QED) is 0.745. The molecule has 2 N–H and O–H groups in total. The predicted molar refractivity (Wildman–Crippen MR) is 77.5 cm³/mol. The Morgan fingerprint density at radius 1 is 1.32 bits per heavy atom. The van der Waals surface area contributed by atoms with Crippen LogP contribution in [-0.2, 0) is 16.4 Å². The first-order chi connectivity index (χ1) is 8.92. The molecule has 0 fully saturated rings. The molecular formula is C13H23N3O2S. The number of nitrogens with zero attached hydrogens (tertiary/aromatic N) is 1. The van der Waals surface area contributed by atoms with Crippen molar-refractivity contribution in [1.82, 2.24) is 15.0 Å². The maximum Gasteiger partial charge on any atom is 0.215 e. The largest absolute Gasteiger partial charge is 0.313 e. The number of hydrogen-bond donors (Lipinski definition) is 2. The Balaban J connectivity index is 2.38. The van der Waals surface area contributed by atoms with Gasteiger partial charge in [0.25, 0.3) is 0 Å². The van der Waals surface area contributed by atoms with Crippen molar-refractivity contribution in [3.8, 4) is 0 Å².